The number of ether oxygens (including phenoxy) is 2. The minimum Gasteiger partial charge on any atom is -0.376 e. The summed E-state index contributed by atoms with van der Waals surface area (Å²) in [6.07, 6.45) is 2.82. The average Bonchev–Trinajstić information content (AvgIpc) is 2.54. The molecule has 0 aliphatic carbocycles. The molecule has 1 fully saturated rings. The smallest absolute Gasteiger partial charge is 0.249 e. The van der Waals surface area contributed by atoms with Crippen LogP contribution < -0.4 is 5.32 Å². The van der Waals surface area contributed by atoms with Gasteiger partial charge in [-0.1, -0.05) is 12.1 Å². The molecule has 0 saturated carbocycles. The summed E-state index contributed by atoms with van der Waals surface area (Å²) in [6, 6.07) is 4.82. The van der Waals surface area contributed by atoms with Crippen LogP contribution in [0.2, 0.25) is 0 Å². The lowest BCUT2D eigenvalue weighted by atomic mass is 10.1. The number of halogens is 1. The minimum absolute atomic E-state index is 0.101. The monoisotopic (exact) mass is 309 g/mol. The third-order valence-corrected chi connectivity index (χ3v) is 3.86. The van der Waals surface area contributed by atoms with Crippen molar-refractivity contribution in [2.24, 2.45) is 0 Å². The molecule has 0 bridgehead atoms. The highest BCUT2D eigenvalue weighted by atomic mass is 19.1. The normalized spacial score (nSPS) is 19.7. The zero-order valence-corrected chi connectivity index (χ0v) is 13.2. The Hall–Kier alpha value is -1.46. The fourth-order valence-corrected chi connectivity index (χ4v) is 2.42. The number of aryl methyl sites for hydroxylation is 1. The van der Waals surface area contributed by atoms with Crippen molar-refractivity contribution in [3.8, 4) is 0 Å². The van der Waals surface area contributed by atoms with Crippen molar-refractivity contribution in [1.29, 1.82) is 0 Å². The lowest BCUT2D eigenvalue weighted by Gasteiger charge is -2.23. The largest absolute Gasteiger partial charge is 0.376 e. The Morgan fingerprint density at radius 1 is 1.50 bits per heavy atom. The van der Waals surface area contributed by atoms with Crippen molar-refractivity contribution < 1.29 is 18.7 Å². The maximum Gasteiger partial charge on any atom is 0.249 e. The van der Waals surface area contributed by atoms with Gasteiger partial charge in [-0.05, 0) is 50.3 Å². The first-order chi connectivity index (χ1) is 10.6. The van der Waals surface area contributed by atoms with Crippen molar-refractivity contribution in [3.63, 3.8) is 0 Å². The maximum absolute atomic E-state index is 13.2. The Morgan fingerprint density at radius 2 is 2.32 bits per heavy atom. The van der Waals surface area contributed by atoms with Crippen molar-refractivity contribution in [2.75, 3.05) is 13.2 Å². The van der Waals surface area contributed by atoms with Crippen LogP contribution in [0.3, 0.4) is 0 Å². The van der Waals surface area contributed by atoms with Gasteiger partial charge in [0.25, 0.3) is 0 Å². The molecule has 1 saturated heterocycles. The standard InChI is InChI=1S/C17H24FNO3/c1-12-9-14(6-7-16(12)18)10-19-17(20)13(2)22-11-15-5-3-4-8-21-15/h6-7,9,13,15H,3-5,8,10-11H2,1-2H3,(H,19,20)/t13-,15+/m1/s1. The Bertz CT molecular complexity index is 501. The van der Waals surface area contributed by atoms with Crippen molar-refractivity contribution in [3.05, 3.63) is 35.1 Å². The fraction of sp³-hybridized carbons (Fsp3) is 0.588. The summed E-state index contributed by atoms with van der Waals surface area (Å²) in [5, 5.41) is 2.81. The van der Waals surface area contributed by atoms with Crippen molar-refractivity contribution >= 4 is 5.91 Å². The molecule has 1 aromatic rings. The molecule has 22 heavy (non-hydrogen) atoms. The summed E-state index contributed by atoms with van der Waals surface area (Å²) < 4.78 is 24.3. The molecule has 1 aliphatic rings. The molecule has 1 aliphatic heterocycles. The predicted molar refractivity (Wildman–Crippen MR) is 82.0 cm³/mol. The molecular weight excluding hydrogens is 285 g/mol. The van der Waals surface area contributed by atoms with Crippen LogP contribution in [-0.4, -0.2) is 31.3 Å². The van der Waals surface area contributed by atoms with E-state index in [1.54, 1.807) is 26.0 Å². The highest BCUT2D eigenvalue weighted by Crippen LogP contribution is 2.13. The number of hydrogen-bond donors (Lipinski definition) is 1. The van der Waals surface area contributed by atoms with Gasteiger partial charge in [-0.3, -0.25) is 4.79 Å². The average molecular weight is 309 g/mol. The van der Waals surface area contributed by atoms with Gasteiger partial charge < -0.3 is 14.8 Å². The quantitative estimate of drug-likeness (QED) is 0.879. The molecule has 4 nitrogen and oxygen atoms in total. The Morgan fingerprint density at radius 3 is 3.00 bits per heavy atom. The molecule has 1 heterocycles. The summed E-state index contributed by atoms with van der Waals surface area (Å²) in [4.78, 5) is 12.0. The van der Waals surface area contributed by atoms with Gasteiger partial charge >= 0.3 is 0 Å². The first-order valence-corrected chi connectivity index (χ1v) is 7.82. The molecule has 1 aromatic carbocycles. The van der Waals surface area contributed by atoms with Crippen LogP contribution in [0.25, 0.3) is 0 Å². The number of hydrogen-bond acceptors (Lipinski definition) is 3. The third kappa shape index (κ3) is 5.07. The summed E-state index contributed by atoms with van der Waals surface area (Å²) >= 11 is 0. The molecule has 0 spiro atoms. The Labute approximate surface area is 131 Å². The molecular formula is C17H24FNO3. The van der Waals surface area contributed by atoms with E-state index in [0.29, 0.717) is 18.7 Å². The van der Waals surface area contributed by atoms with E-state index in [-0.39, 0.29) is 17.8 Å². The van der Waals surface area contributed by atoms with Gasteiger partial charge in [0.05, 0.1) is 12.7 Å². The highest BCUT2D eigenvalue weighted by molar-refractivity contribution is 5.80. The van der Waals surface area contributed by atoms with Gasteiger partial charge in [0.1, 0.15) is 11.9 Å². The molecule has 5 heteroatoms. The summed E-state index contributed by atoms with van der Waals surface area (Å²) in [5.74, 6) is -0.406. The summed E-state index contributed by atoms with van der Waals surface area (Å²) in [6.45, 7) is 5.03. The molecule has 2 atom stereocenters. The van der Waals surface area contributed by atoms with E-state index >= 15 is 0 Å². The van der Waals surface area contributed by atoms with E-state index in [4.69, 9.17) is 9.47 Å². The Balaban J connectivity index is 1.72. The lowest BCUT2D eigenvalue weighted by Crippen LogP contribution is -2.36. The number of amides is 1. The number of nitrogens with one attached hydrogen (secondary N) is 1. The second-order valence-corrected chi connectivity index (χ2v) is 5.77. The van der Waals surface area contributed by atoms with E-state index in [9.17, 15) is 9.18 Å². The molecule has 1 amide bonds. The topological polar surface area (TPSA) is 47.6 Å². The van der Waals surface area contributed by atoms with E-state index < -0.39 is 6.10 Å². The van der Waals surface area contributed by atoms with Gasteiger partial charge in [-0.25, -0.2) is 4.39 Å². The number of carbonyl (C=O) groups is 1. The van der Waals surface area contributed by atoms with Crippen LogP contribution in [0, 0.1) is 12.7 Å². The molecule has 1 N–H and O–H groups in total. The van der Waals surface area contributed by atoms with Gasteiger partial charge in [-0.15, -0.1) is 0 Å². The van der Waals surface area contributed by atoms with E-state index in [0.717, 1.165) is 31.4 Å². The zero-order chi connectivity index (χ0) is 15.9. The fourth-order valence-electron chi connectivity index (χ4n) is 2.42. The number of benzene rings is 1. The van der Waals surface area contributed by atoms with Crippen LogP contribution in [0.15, 0.2) is 18.2 Å². The van der Waals surface area contributed by atoms with E-state index in [1.807, 2.05) is 0 Å². The van der Waals surface area contributed by atoms with Crippen LogP contribution in [0.4, 0.5) is 4.39 Å². The predicted octanol–water partition coefficient (Wildman–Crippen LogP) is 2.72. The van der Waals surface area contributed by atoms with Gasteiger partial charge in [-0.2, -0.15) is 0 Å². The SMILES string of the molecule is Cc1cc(CNC(=O)[C@@H](C)OC[C@@H]2CCCCO2)ccc1F. The molecule has 0 aromatic heterocycles. The first kappa shape index (κ1) is 16.9. The summed E-state index contributed by atoms with van der Waals surface area (Å²) in [5.41, 5.74) is 1.44. The molecule has 0 unspecified atom stereocenters. The van der Waals surface area contributed by atoms with Gasteiger partial charge in [0.2, 0.25) is 5.91 Å². The van der Waals surface area contributed by atoms with Crippen LogP contribution in [-0.2, 0) is 20.8 Å². The van der Waals surface area contributed by atoms with Gasteiger partial charge in [0, 0.05) is 13.2 Å². The van der Waals surface area contributed by atoms with Crippen LogP contribution in [0.1, 0.15) is 37.3 Å². The molecule has 122 valence electrons. The van der Waals surface area contributed by atoms with E-state index in [1.165, 1.54) is 6.07 Å². The molecule has 2 rings (SSSR count). The van der Waals surface area contributed by atoms with Crippen molar-refractivity contribution in [1.82, 2.24) is 5.32 Å². The zero-order valence-electron chi connectivity index (χ0n) is 13.2. The maximum atomic E-state index is 13.2. The van der Waals surface area contributed by atoms with Crippen LogP contribution in [0.5, 0.6) is 0 Å². The van der Waals surface area contributed by atoms with Crippen LogP contribution >= 0.6 is 0 Å². The minimum atomic E-state index is -0.521. The third-order valence-electron chi connectivity index (χ3n) is 3.86. The van der Waals surface area contributed by atoms with E-state index in [2.05, 4.69) is 5.32 Å². The Kier molecular flexibility index (Phi) is 6.34. The van der Waals surface area contributed by atoms with Gasteiger partial charge in [0.15, 0.2) is 0 Å². The highest BCUT2D eigenvalue weighted by Gasteiger charge is 2.18. The van der Waals surface area contributed by atoms with Crippen molar-refractivity contribution in [2.45, 2.75) is 51.9 Å². The molecule has 0 radical (unpaired) electrons. The summed E-state index contributed by atoms with van der Waals surface area (Å²) in [7, 11) is 0. The lowest BCUT2D eigenvalue weighted by molar-refractivity contribution is -0.135. The second-order valence-electron chi connectivity index (χ2n) is 5.77. The first-order valence-electron chi connectivity index (χ1n) is 7.82. The number of rotatable bonds is 6. The second kappa shape index (κ2) is 8.25. The number of carbonyl (C=O) groups excluding carboxylic acids is 1.